The molecule has 0 heterocycles. The maximum Gasteiger partial charge on any atom is 0.246 e. The van der Waals surface area contributed by atoms with Crippen LogP contribution in [0.3, 0.4) is 0 Å². The van der Waals surface area contributed by atoms with Gasteiger partial charge in [-0.25, -0.2) is 0 Å². The molecule has 2 N–H and O–H groups in total. The Morgan fingerprint density at radius 1 is 1.58 bits per heavy atom. The van der Waals surface area contributed by atoms with Crippen molar-refractivity contribution in [3.05, 3.63) is 11.6 Å². The van der Waals surface area contributed by atoms with Gasteiger partial charge in [0, 0.05) is 18.7 Å². The van der Waals surface area contributed by atoms with E-state index in [1.165, 1.54) is 0 Å². The number of amides is 1. The van der Waals surface area contributed by atoms with Crippen LogP contribution in [0.2, 0.25) is 0 Å². The van der Waals surface area contributed by atoms with Crippen LogP contribution in [0.4, 0.5) is 0 Å². The second-order valence-corrected chi connectivity index (χ2v) is 2.63. The van der Waals surface area contributed by atoms with Crippen LogP contribution in [-0.4, -0.2) is 24.2 Å². The molecular weight excluding hydrogens is 154 g/mol. The number of allylic oxidation sites excluding steroid dienone is 1. The van der Waals surface area contributed by atoms with Gasteiger partial charge in [-0.1, -0.05) is 13.0 Å². The zero-order valence-corrected chi connectivity index (χ0v) is 7.76. The lowest BCUT2D eigenvalue weighted by molar-refractivity contribution is -0.117. The summed E-state index contributed by atoms with van der Waals surface area (Å²) in [6, 6.07) is 0. The minimum Gasteiger partial charge on any atom is -0.396 e. The van der Waals surface area contributed by atoms with Gasteiger partial charge >= 0.3 is 0 Å². The van der Waals surface area contributed by atoms with E-state index in [2.05, 4.69) is 5.32 Å². The largest absolute Gasteiger partial charge is 0.396 e. The van der Waals surface area contributed by atoms with Crippen molar-refractivity contribution < 1.29 is 9.90 Å². The van der Waals surface area contributed by atoms with Crippen LogP contribution < -0.4 is 5.32 Å². The molecule has 70 valence electrons. The molecule has 0 unspecified atom stereocenters. The van der Waals surface area contributed by atoms with Crippen molar-refractivity contribution in [1.29, 1.82) is 0 Å². The van der Waals surface area contributed by atoms with E-state index in [0.717, 1.165) is 12.0 Å². The molecule has 0 bridgehead atoms. The minimum atomic E-state index is -0.0368. The Morgan fingerprint density at radius 2 is 2.25 bits per heavy atom. The highest BCUT2D eigenvalue weighted by Crippen LogP contribution is 1.94. The fourth-order valence-electron chi connectivity index (χ4n) is 0.819. The van der Waals surface area contributed by atoms with E-state index >= 15 is 0 Å². The fourth-order valence-corrected chi connectivity index (χ4v) is 0.819. The zero-order chi connectivity index (χ0) is 9.40. The first-order valence-electron chi connectivity index (χ1n) is 4.28. The van der Waals surface area contributed by atoms with Crippen molar-refractivity contribution in [3.8, 4) is 0 Å². The first-order valence-corrected chi connectivity index (χ1v) is 4.28. The molecule has 0 aliphatic rings. The monoisotopic (exact) mass is 171 g/mol. The predicted molar refractivity (Wildman–Crippen MR) is 48.8 cm³/mol. The third-order valence-electron chi connectivity index (χ3n) is 1.49. The number of aliphatic hydroxyl groups excluding tert-OH is 1. The van der Waals surface area contributed by atoms with Crippen LogP contribution in [-0.2, 0) is 4.79 Å². The summed E-state index contributed by atoms with van der Waals surface area (Å²) < 4.78 is 0. The molecule has 3 nitrogen and oxygen atoms in total. The molecule has 0 aromatic rings. The van der Waals surface area contributed by atoms with Crippen molar-refractivity contribution in [3.63, 3.8) is 0 Å². The summed E-state index contributed by atoms with van der Waals surface area (Å²) in [7, 11) is 0. The van der Waals surface area contributed by atoms with Crippen molar-refractivity contribution in [2.75, 3.05) is 13.2 Å². The summed E-state index contributed by atoms with van der Waals surface area (Å²) in [5.41, 5.74) is 0.746. The van der Waals surface area contributed by atoms with E-state index in [4.69, 9.17) is 5.11 Å². The third kappa shape index (κ3) is 4.91. The maximum absolute atomic E-state index is 11.1. The van der Waals surface area contributed by atoms with E-state index in [1.807, 2.05) is 13.0 Å². The molecule has 0 aromatic heterocycles. The van der Waals surface area contributed by atoms with Gasteiger partial charge in [0.15, 0.2) is 0 Å². The summed E-state index contributed by atoms with van der Waals surface area (Å²) in [4.78, 5) is 11.1. The first-order chi connectivity index (χ1) is 5.72. The van der Waals surface area contributed by atoms with Gasteiger partial charge in [-0.2, -0.15) is 0 Å². The highest BCUT2D eigenvalue weighted by atomic mass is 16.3. The molecule has 0 aliphatic heterocycles. The van der Waals surface area contributed by atoms with E-state index in [9.17, 15) is 4.79 Å². The molecule has 0 spiro atoms. The van der Waals surface area contributed by atoms with E-state index in [-0.39, 0.29) is 12.5 Å². The summed E-state index contributed by atoms with van der Waals surface area (Å²) in [5, 5.41) is 11.2. The Hall–Kier alpha value is -0.830. The summed E-state index contributed by atoms with van der Waals surface area (Å²) in [5.74, 6) is -0.0368. The van der Waals surface area contributed by atoms with Crippen LogP contribution in [0, 0.1) is 0 Å². The van der Waals surface area contributed by atoms with Crippen LogP contribution in [0.25, 0.3) is 0 Å². The lowest BCUT2D eigenvalue weighted by Gasteiger charge is -2.02. The average molecular weight is 171 g/mol. The Kier molecular flexibility index (Phi) is 6.38. The lowest BCUT2D eigenvalue weighted by Crippen LogP contribution is -2.25. The summed E-state index contributed by atoms with van der Waals surface area (Å²) >= 11 is 0. The van der Waals surface area contributed by atoms with Gasteiger partial charge in [-0.15, -0.1) is 0 Å². The van der Waals surface area contributed by atoms with Crippen molar-refractivity contribution in [1.82, 2.24) is 5.32 Å². The first kappa shape index (κ1) is 11.2. The molecule has 0 aromatic carbocycles. The normalized spacial score (nSPS) is 11.4. The smallest absolute Gasteiger partial charge is 0.246 e. The zero-order valence-electron chi connectivity index (χ0n) is 7.76. The third-order valence-corrected chi connectivity index (χ3v) is 1.49. The molecule has 3 heteroatoms. The summed E-state index contributed by atoms with van der Waals surface area (Å²) in [6.07, 6.45) is 3.37. The van der Waals surface area contributed by atoms with Gasteiger partial charge < -0.3 is 10.4 Å². The summed E-state index contributed by atoms with van der Waals surface area (Å²) in [6.45, 7) is 4.45. The van der Waals surface area contributed by atoms with Gasteiger partial charge in [0.05, 0.1) is 0 Å². The van der Waals surface area contributed by atoms with Crippen LogP contribution >= 0.6 is 0 Å². The standard InChI is InChI=1S/C9H17NO2/c1-3-5-8(2)9(12)10-6-4-7-11/h5,11H,3-4,6-7H2,1-2H3,(H,10,12). The van der Waals surface area contributed by atoms with Crippen LogP contribution in [0.1, 0.15) is 26.7 Å². The Morgan fingerprint density at radius 3 is 2.75 bits per heavy atom. The number of aliphatic hydroxyl groups is 1. The molecule has 0 radical (unpaired) electrons. The second-order valence-electron chi connectivity index (χ2n) is 2.63. The van der Waals surface area contributed by atoms with Gasteiger partial charge in [-0.3, -0.25) is 4.79 Å². The number of hydrogen-bond acceptors (Lipinski definition) is 2. The highest BCUT2D eigenvalue weighted by molar-refractivity contribution is 5.92. The number of carbonyl (C=O) groups excluding carboxylic acids is 1. The Balaban J connectivity index is 3.64. The number of rotatable bonds is 5. The molecule has 0 saturated heterocycles. The van der Waals surface area contributed by atoms with E-state index in [0.29, 0.717) is 13.0 Å². The van der Waals surface area contributed by atoms with Gasteiger partial charge in [-0.05, 0) is 19.8 Å². The highest BCUT2D eigenvalue weighted by Gasteiger charge is 2.00. The van der Waals surface area contributed by atoms with Crippen molar-refractivity contribution in [2.24, 2.45) is 0 Å². The van der Waals surface area contributed by atoms with E-state index < -0.39 is 0 Å². The second kappa shape index (κ2) is 6.85. The van der Waals surface area contributed by atoms with Crippen LogP contribution in [0.15, 0.2) is 11.6 Å². The predicted octanol–water partition coefficient (Wildman–Crippen LogP) is 0.841. The minimum absolute atomic E-state index is 0.0368. The number of carbonyl (C=O) groups is 1. The van der Waals surface area contributed by atoms with Gasteiger partial charge in [0.25, 0.3) is 0 Å². The maximum atomic E-state index is 11.1. The lowest BCUT2D eigenvalue weighted by atomic mass is 10.2. The molecule has 1 amide bonds. The SMILES string of the molecule is CCC=C(C)C(=O)NCCCO. The van der Waals surface area contributed by atoms with Crippen molar-refractivity contribution >= 4 is 5.91 Å². The fraction of sp³-hybridized carbons (Fsp3) is 0.667. The Bertz CT molecular complexity index is 164. The molecule has 0 atom stereocenters. The number of hydrogen-bond donors (Lipinski definition) is 2. The van der Waals surface area contributed by atoms with Crippen molar-refractivity contribution in [2.45, 2.75) is 26.7 Å². The topological polar surface area (TPSA) is 49.3 Å². The average Bonchev–Trinajstić information content (AvgIpc) is 2.05. The molecule has 0 fully saturated rings. The van der Waals surface area contributed by atoms with Gasteiger partial charge in [0.1, 0.15) is 0 Å². The molecule has 0 rings (SSSR count). The Labute approximate surface area is 73.5 Å². The quantitative estimate of drug-likeness (QED) is 0.475. The van der Waals surface area contributed by atoms with E-state index in [1.54, 1.807) is 6.92 Å². The molecule has 0 aliphatic carbocycles. The molecule has 0 saturated carbocycles. The number of nitrogens with one attached hydrogen (secondary N) is 1. The van der Waals surface area contributed by atoms with Gasteiger partial charge in [0.2, 0.25) is 5.91 Å². The molecular formula is C9H17NO2. The molecule has 12 heavy (non-hydrogen) atoms. The van der Waals surface area contributed by atoms with Crippen LogP contribution in [0.5, 0.6) is 0 Å².